The largest absolute Gasteiger partial charge is 0.301 e. The number of nitrogens with zero attached hydrogens (tertiary/aromatic N) is 1. The van der Waals surface area contributed by atoms with Crippen molar-refractivity contribution in [1.29, 1.82) is 0 Å². The van der Waals surface area contributed by atoms with Gasteiger partial charge in [0.15, 0.2) is 5.16 Å². The van der Waals surface area contributed by atoms with E-state index in [0.717, 1.165) is 20.8 Å². The average molecular weight is 371 g/mol. The predicted molar refractivity (Wildman–Crippen MR) is 95.7 cm³/mol. The average Bonchev–Trinajstić information content (AvgIpc) is 2.74. The van der Waals surface area contributed by atoms with Crippen LogP contribution in [0.4, 0.5) is 0 Å². The molecular weight excluding hydrogens is 359 g/mol. The summed E-state index contributed by atoms with van der Waals surface area (Å²) in [6.07, 6.45) is 0. The molecule has 1 N–H and O–H groups in total. The number of aryl methyl sites for hydroxylation is 2. The summed E-state index contributed by atoms with van der Waals surface area (Å²) in [6, 6.07) is 5.41. The van der Waals surface area contributed by atoms with E-state index in [-0.39, 0.29) is 5.56 Å². The Balaban J connectivity index is 1.93. The van der Waals surface area contributed by atoms with Crippen molar-refractivity contribution in [3.8, 4) is 0 Å². The third kappa shape index (κ3) is 2.91. The first-order valence-electron chi connectivity index (χ1n) is 6.53. The van der Waals surface area contributed by atoms with Crippen LogP contribution in [-0.2, 0) is 5.75 Å². The molecule has 3 rings (SSSR count). The van der Waals surface area contributed by atoms with Crippen LogP contribution in [0.2, 0.25) is 10.0 Å². The minimum atomic E-state index is -0.0976. The van der Waals surface area contributed by atoms with Crippen molar-refractivity contribution in [2.24, 2.45) is 0 Å². The van der Waals surface area contributed by atoms with Gasteiger partial charge in [-0.2, -0.15) is 0 Å². The molecule has 0 amide bonds. The van der Waals surface area contributed by atoms with Crippen molar-refractivity contribution < 1.29 is 0 Å². The van der Waals surface area contributed by atoms with Gasteiger partial charge in [0.05, 0.1) is 5.39 Å². The van der Waals surface area contributed by atoms with E-state index >= 15 is 0 Å². The van der Waals surface area contributed by atoms with E-state index in [4.69, 9.17) is 23.2 Å². The molecule has 0 aliphatic rings. The van der Waals surface area contributed by atoms with E-state index in [2.05, 4.69) is 9.97 Å². The topological polar surface area (TPSA) is 45.8 Å². The van der Waals surface area contributed by atoms with Crippen LogP contribution in [0.25, 0.3) is 10.2 Å². The van der Waals surface area contributed by atoms with E-state index in [1.54, 1.807) is 12.1 Å². The minimum absolute atomic E-state index is 0.0976. The molecular formula is C15H12Cl2N2OS2. The number of fused-ring (bicyclic) bond motifs is 1. The molecule has 7 heteroatoms. The molecule has 3 nitrogen and oxygen atoms in total. The maximum Gasteiger partial charge on any atom is 0.260 e. The Morgan fingerprint density at radius 1 is 1.27 bits per heavy atom. The Morgan fingerprint density at radius 2 is 1.95 bits per heavy atom. The van der Waals surface area contributed by atoms with Crippen LogP contribution in [0.15, 0.2) is 28.2 Å². The van der Waals surface area contributed by atoms with Gasteiger partial charge in [-0.15, -0.1) is 11.3 Å². The number of H-pyrrole nitrogens is 1. The predicted octanol–water partition coefficient (Wildman–Crippen LogP) is 5.20. The Bertz CT molecular complexity index is 898. The van der Waals surface area contributed by atoms with Gasteiger partial charge in [0.25, 0.3) is 5.56 Å². The third-order valence-corrected chi connectivity index (χ3v) is 6.14. The van der Waals surface area contributed by atoms with Crippen molar-refractivity contribution >= 4 is 56.5 Å². The van der Waals surface area contributed by atoms with Gasteiger partial charge in [-0.1, -0.05) is 41.0 Å². The lowest BCUT2D eigenvalue weighted by molar-refractivity contribution is 0.978. The van der Waals surface area contributed by atoms with E-state index < -0.39 is 0 Å². The minimum Gasteiger partial charge on any atom is -0.301 e. The molecule has 0 saturated heterocycles. The first kappa shape index (κ1) is 15.9. The molecule has 0 spiro atoms. The fourth-order valence-corrected chi connectivity index (χ4v) is 4.80. The zero-order valence-electron chi connectivity index (χ0n) is 11.9. The van der Waals surface area contributed by atoms with Crippen molar-refractivity contribution in [2.75, 3.05) is 0 Å². The van der Waals surface area contributed by atoms with Crippen LogP contribution in [-0.4, -0.2) is 9.97 Å². The highest BCUT2D eigenvalue weighted by molar-refractivity contribution is 7.98. The lowest BCUT2D eigenvalue weighted by atomic mass is 10.2. The van der Waals surface area contributed by atoms with E-state index in [0.29, 0.717) is 26.3 Å². The molecule has 0 bridgehead atoms. The molecule has 114 valence electrons. The number of hydrogen-bond acceptors (Lipinski definition) is 4. The monoisotopic (exact) mass is 370 g/mol. The highest BCUT2D eigenvalue weighted by Crippen LogP contribution is 2.31. The maximum absolute atomic E-state index is 12.2. The van der Waals surface area contributed by atoms with Gasteiger partial charge in [-0.3, -0.25) is 4.79 Å². The molecule has 0 fully saturated rings. The summed E-state index contributed by atoms with van der Waals surface area (Å²) in [5, 5.41) is 2.50. The standard InChI is InChI=1S/C15H12Cl2N2OS2/c1-7-8(2)22-14-12(7)13(20)18-15(19-14)21-6-9-10(16)4-3-5-11(9)17/h3-5H,6H2,1-2H3,(H,18,19,20). The first-order chi connectivity index (χ1) is 10.5. The molecule has 0 unspecified atom stereocenters. The van der Waals surface area contributed by atoms with Crippen molar-refractivity contribution in [3.63, 3.8) is 0 Å². The molecule has 1 aromatic carbocycles. The molecule has 2 aromatic heterocycles. The number of hydrogen-bond donors (Lipinski definition) is 1. The number of aromatic amines is 1. The third-order valence-electron chi connectivity index (χ3n) is 3.43. The fraction of sp³-hybridized carbons (Fsp3) is 0.200. The molecule has 0 radical (unpaired) electrons. The summed E-state index contributed by atoms with van der Waals surface area (Å²) in [6.45, 7) is 3.94. The smallest absolute Gasteiger partial charge is 0.260 e. The molecule has 0 atom stereocenters. The second-order valence-corrected chi connectivity index (χ2v) is 7.81. The van der Waals surface area contributed by atoms with Crippen LogP contribution in [0, 0.1) is 13.8 Å². The van der Waals surface area contributed by atoms with Crippen LogP contribution < -0.4 is 5.56 Å². The molecule has 0 aliphatic carbocycles. The summed E-state index contributed by atoms with van der Waals surface area (Å²) in [4.78, 5) is 21.5. The van der Waals surface area contributed by atoms with Gasteiger partial charge in [-0.05, 0) is 37.1 Å². The SMILES string of the molecule is Cc1sc2nc(SCc3c(Cl)cccc3Cl)[nH]c(=O)c2c1C. The summed E-state index contributed by atoms with van der Waals surface area (Å²) >= 11 is 15.3. The summed E-state index contributed by atoms with van der Waals surface area (Å²) in [5.74, 6) is 0.552. The first-order valence-corrected chi connectivity index (χ1v) is 9.09. The van der Waals surface area contributed by atoms with E-state index in [1.807, 2.05) is 19.9 Å². The number of thioether (sulfide) groups is 1. The number of nitrogens with one attached hydrogen (secondary N) is 1. The highest BCUT2D eigenvalue weighted by atomic mass is 35.5. The Morgan fingerprint density at radius 3 is 2.64 bits per heavy atom. The van der Waals surface area contributed by atoms with Crippen molar-refractivity contribution in [2.45, 2.75) is 24.8 Å². The van der Waals surface area contributed by atoms with Gasteiger partial charge in [0.2, 0.25) is 0 Å². The fourth-order valence-electron chi connectivity index (χ4n) is 2.11. The lowest BCUT2D eigenvalue weighted by Gasteiger charge is -2.06. The number of halogens is 2. The molecule has 0 aliphatic heterocycles. The van der Waals surface area contributed by atoms with Crippen LogP contribution in [0.5, 0.6) is 0 Å². The lowest BCUT2D eigenvalue weighted by Crippen LogP contribution is -2.08. The van der Waals surface area contributed by atoms with Gasteiger partial charge in [0.1, 0.15) is 4.83 Å². The number of benzene rings is 1. The number of thiophene rings is 1. The molecule has 0 saturated carbocycles. The van der Waals surface area contributed by atoms with E-state index in [1.165, 1.54) is 23.1 Å². The molecule has 3 aromatic rings. The second kappa shape index (κ2) is 6.24. The van der Waals surface area contributed by atoms with Crippen molar-refractivity contribution in [1.82, 2.24) is 9.97 Å². The Hall–Kier alpha value is -1.01. The maximum atomic E-state index is 12.2. The Kier molecular flexibility index (Phi) is 4.50. The van der Waals surface area contributed by atoms with Crippen LogP contribution >= 0.6 is 46.3 Å². The quantitative estimate of drug-likeness (QED) is 0.508. The summed E-state index contributed by atoms with van der Waals surface area (Å²) < 4.78 is 0. The van der Waals surface area contributed by atoms with Crippen LogP contribution in [0.1, 0.15) is 16.0 Å². The normalized spacial score (nSPS) is 11.3. The van der Waals surface area contributed by atoms with E-state index in [9.17, 15) is 4.79 Å². The number of rotatable bonds is 3. The van der Waals surface area contributed by atoms with Gasteiger partial charge in [0, 0.05) is 20.7 Å². The number of aromatic nitrogens is 2. The molecule has 22 heavy (non-hydrogen) atoms. The highest BCUT2D eigenvalue weighted by Gasteiger charge is 2.13. The zero-order chi connectivity index (χ0) is 15.9. The van der Waals surface area contributed by atoms with Gasteiger partial charge < -0.3 is 4.98 Å². The molecule has 2 heterocycles. The van der Waals surface area contributed by atoms with Crippen LogP contribution in [0.3, 0.4) is 0 Å². The van der Waals surface area contributed by atoms with Gasteiger partial charge >= 0.3 is 0 Å². The van der Waals surface area contributed by atoms with Gasteiger partial charge in [-0.25, -0.2) is 4.98 Å². The Labute approximate surface area is 145 Å². The second-order valence-electron chi connectivity index (χ2n) is 4.82. The zero-order valence-corrected chi connectivity index (χ0v) is 15.0. The summed E-state index contributed by atoms with van der Waals surface area (Å²) in [7, 11) is 0. The summed E-state index contributed by atoms with van der Waals surface area (Å²) in [5.41, 5.74) is 1.75. The van der Waals surface area contributed by atoms with Crippen molar-refractivity contribution in [3.05, 3.63) is 54.6 Å².